The molecule has 1 atom stereocenters. The van der Waals surface area contributed by atoms with Crippen LogP contribution in [0.3, 0.4) is 0 Å². The van der Waals surface area contributed by atoms with Gasteiger partial charge in [-0.25, -0.2) is 4.98 Å². The van der Waals surface area contributed by atoms with Crippen LogP contribution in [0.1, 0.15) is 51.4 Å². The van der Waals surface area contributed by atoms with E-state index in [0.717, 1.165) is 45.1 Å². The fourth-order valence-electron chi connectivity index (χ4n) is 4.44. The SMILES string of the molecule is O=C(CCCn1c(SCC(=O)NC2CCCC2)nc2ccccc2c1=O)NC[C@@H]1CCCO1. The predicted molar refractivity (Wildman–Crippen MR) is 128 cm³/mol. The molecule has 33 heavy (non-hydrogen) atoms. The number of carbonyl (C=O) groups excluding carboxylic acids is 2. The van der Waals surface area contributed by atoms with Gasteiger partial charge in [-0.15, -0.1) is 0 Å². The maximum absolute atomic E-state index is 13.1. The zero-order chi connectivity index (χ0) is 23.0. The largest absolute Gasteiger partial charge is 0.376 e. The van der Waals surface area contributed by atoms with E-state index in [1.807, 2.05) is 18.2 Å². The number of para-hydroxylation sites is 1. The highest BCUT2D eigenvalue weighted by Gasteiger charge is 2.19. The molecule has 8 nitrogen and oxygen atoms in total. The molecule has 1 saturated carbocycles. The van der Waals surface area contributed by atoms with Gasteiger partial charge < -0.3 is 15.4 Å². The minimum Gasteiger partial charge on any atom is -0.376 e. The number of nitrogens with zero attached hydrogens (tertiary/aromatic N) is 2. The summed E-state index contributed by atoms with van der Waals surface area (Å²) in [4.78, 5) is 42.4. The molecule has 2 aliphatic rings. The van der Waals surface area contributed by atoms with Crippen LogP contribution in [-0.2, 0) is 20.9 Å². The molecule has 1 aliphatic heterocycles. The van der Waals surface area contributed by atoms with Crippen LogP contribution in [0.4, 0.5) is 0 Å². The fraction of sp³-hybridized carbons (Fsp3) is 0.583. The number of fused-ring (bicyclic) bond motifs is 1. The molecule has 9 heteroatoms. The first-order valence-corrected chi connectivity index (χ1v) is 12.9. The number of carbonyl (C=O) groups is 2. The lowest BCUT2D eigenvalue weighted by Crippen LogP contribution is -2.34. The zero-order valence-electron chi connectivity index (χ0n) is 18.9. The summed E-state index contributed by atoms with van der Waals surface area (Å²) >= 11 is 1.28. The van der Waals surface area contributed by atoms with Crippen molar-refractivity contribution in [1.82, 2.24) is 20.2 Å². The van der Waals surface area contributed by atoms with Crippen LogP contribution >= 0.6 is 11.8 Å². The molecule has 1 aliphatic carbocycles. The first kappa shape index (κ1) is 23.8. The molecule has 4 rings (SSSR count). The number of aromatic nitrogens is 2. The van der Waals surface area contributed by atoms with Crippen LogP contribution < -0.4 is 16.2 Å². The number of amides is 2. The maximum Gasteiger partial charge on any atom is 0.262 e. The number of ether oxygens (including phenoxy) is 1. The van der Waals surface area contributed by atoms with E-state index in [4.69, 9.17) is 4.74 Å². The number of rotatable bonds is 10. The predicted octanol–water partition coefficient (Wildman–Crippen LogP) is 2.62. The second-order valence-electron chi connectivity index (χ2n) is 8.75. The van der Waals surface area contributed by atoms with Crippen molar-refractivity contribution in [2.45, 2.75) is 75.2 Å². The van der Waals surface area contributed by atoms with Gasteiger partial charge >= 0.3 is 0 Å². The van der Waals surface area contributed by atoms with E-state index in [1.54, 1.807) is 10.6 Å². The molecule has 0 radical (unpaired) electrons. The molecule has 2 amide bonds. The molecule has 1 aromatic carbocycles. The second kappa shape index (κ2) is 11.7. The minimum absolute atomic E-state index is 0.0330. The first-order chi connectivity index (χ1) is 16.1. The smallest absolute Gasteiger partial charge is 0.262 e. The summed E-state index contributed by atoms with van der Waals surface area (Å²) in [6.45, 7) is 1.67. The van der Waals surface area contributed by atoms with Crippen LogP contribution in [0.15, 0.2) is 34.2 Å². The van der Waals surface area contributed by atoms with Gasteiger partial charge in [0.25, 0.3) is 5.56 Å². The van der Waals surface area contributed by atoms with Crippen LogP contribution in [-0.4, -0.2) is 52.4 Å². The zero-order valence-corrected chi connectivity index (χ0v) is 19.7. The van der Waals surface area contributed by atoms with Crippen LogP contribution in [0.5, 0.6) is 0 Å². The lowest BCUT2D eigenvalue weighted by Gasteiger charge is -2.15. The quantitative estimate of drug-likeness (QED) is 0.407. The summed E-state index contributed by atoms with van der Waals surface area (Å²) in [5.74, 6) is 0.134. The Morgan fingerprint density at radius 3 is 2.73 bits per heavy atom. The lowest BCUT2D eigenvalue weighted by atomic mass is 10.2. The van der Waals surface area contributed by atoms with Crippen molar-refractivity contribution in [2.24, 2.45) is 0 Å². The molecule has 2 heterocycles. The van der Waals surface area contributed by atoms with Crippen LogP contribution in [0.2, 0.25) is 0 Å². The normalized spacial score (nSPS) is 18.6. The van der Waals surface area contributed by atoms with Crippen molar-refractivity contribution in [3.05, 3.63) is 34.6 Å². The fourth-order valence-corrected chi connectivity index (χ4v) is 5.28. The third-order valence-corrected chi connectivity index (χ3v) is 7.19. The van der Waals surface area contributed by atoms with Gasteiger partial charge in [-0.3, -0.25) is 19.0 Å². The molecule has 0 unspecified atom stereocenters. The van der Waals surface area contributed by atoms with Gasteiger partial charge in [0.1, 0.15) is 0 Å². The van der Waals surface area contributed by atoms with E-state index >= 15 is 0 Å². The standard InChI is InChI=1S/C24H32N4O4S/c29-21(25-15-18-9-6-14-32-18)12-5-13-28-23(31)19-10-3-4-11-20(19)27-24(28)33-16-22(30)26-17-7-1-2-8-17/h3-4,10-11,17-18H,1-2,5-9,12-16H2,(H,25,29)(H,26,30)/t18-/m0/s1. The van der Waals surface area contributed by atoms with E-state index in [1.165, 1.54) is 11.8 Å². The highest BCUT2D eigenvalue weighted by atomic mass is 32.2. The molecule has 2 N–H and O–H groups in total. The van der Waals surface area contributed by atoms with E-state index in [0.29, 0.717) is 42.0 Å². The Labute approximate surface area is 197 Å². The Hall–Kier alpha value is -2.39. The summed E-state index contributed by atoms with van der Waals surface area (Å²) in [6.07, 6.45) is 7.34. The van der Waals surface area contributed by atoms with E-state index < -0.39 is 0 Å². The highest BCUT2D eigenvalue weighted by molar-refractivity contribution is 7.99. The Bertz CT molecular complexity index is 1030. The number of hydrogen-bond acceptors (Lipinski definition) is 6. The van der Waals surface area contributed by atoms with Crippen LogP contribution in [0, 0.1) is 0 Å². The van der Waals surface area contributed by atoms with Gasteiger partial charge in [-0.05, 0) is 44.2 Å². The Balaban J connectivity index is 1.38. The van der Waals surface area contributed by atoms with Gasteiger partial charge in [0, 0.05) is 32.2 Å². The molecule has 178 valence electrons. The average molecular weight is 473 g/mol. The first-order valence-electron chi connectivity index (χ1n) is 11.9. The topological polar surface area (TPSA) is 102 Å². The summed E-state index contributed by atoms with van der Waals surface area (Å²) in [5, 5.41) is 7.05. The van der Waals surface area contributed by atoms with E-state index in [9.17, 15) is 14.4 Å². The lowest BCUT2D eigenvalue weighted by molar-refractivity contribution is -0.122. The summed E-state index contributed by atoms with van der Waals surface area (Å²) in [5.41, 5.74) is 0.478. The third-order valence-electron chi connectivity index (χ3n) is 6.22. The Morgan fingerprint density at radius 1 is 1.12 bits per heavy atom. The molecule has 0 bridgehead atoms. The number of benzene rings is 1. The Morgan fingerprint density at radius 2 is 1.94 bits per heavy atom. The monoisotopic (exact) mass is 472 g/mol. The van der Waals surface area contributed by atoms with E-state index in [-0.39, 0.29) is 35.3 Å². The molecule has 2 aromatic rings. The van der Waals surface area contributed by atoms with E-state index in [2.05, 4.69) is 15.6 Å². The molecular formula is C24H32N4O4S. The second-order valence-corrected chi connectivity index (χ2v) is 9.69. The van der Waals surface area contributed by atoms with Crippen molar-refractivity contribution in [3.8, 4) is 0 Å². The maximum atomic E-state index is 13.1. The average Bonchev–Trinajstić information content (AvgIpc) is 3.52. The molecule has 0 spiro atoms. The molecule has 1 aromatic heterocycles. The van der Waals surface area contributed by atoms with Crippen molar-refractivity contribution in [3.63, 3.8) is 0 Å². The molecular weight excluding hydrogens is 440 g/mol. The highest BCUT2D eigenvalue weighted by Crippen LogP contribution is 2.20. The third kappa shape index (κ3) is 6.57. The Kier molecular flexibility index (Phi) is 8.39. The van der Waals surface area contributed by atoms with Gasteiger partial charge in [0.2, 0.25) is 11.8 Å². The summed E-state index contributed by atoms with van der Waals surface area (Å²) in [6, 6.07) is 7.49. The minimum atomic E-state index is -0.140. The van der Waals surface area contributed by atoms with Crippen molar-refractivity contribution >= 4 is 34.5 Å². The van der Waals surface area contributed by atoms with Gasteiger partial charge in [0.05, 0.1) is 22.8 Å². The number of hydrogen-bond donors (Lipinski definition) is 2. The van der Waals surface area contributed by atoms with Crippen molar-refractivity contribution < 1.29 is 14.3 Å². The number of thioether (sulfide) groups is 1. The van der Waals surface area contributed by atoms with Crippen molar-refractivity contribution in [1.29, 1.82) is 0 Å². The summed E-state index contributed by atoms with van der Waals surface area (Å²) < 4.78 is 7.13. The summed E-state index contributed by atoms with van der Waals surface area (Å²) in [7, 11) is 0. The van der Waals surface area contributed by atoms with Crippen molar-refractivity contribution in [2.75, 3.05) is 18.9 Å². The van der Waals surface area contributed by atoms with Gasteiger partial charge in [-0.2, -0.15) is 0 Å². The number of nitrogens with one attached hydrogen (secondary N) is 2. The molecule has 1 saturated heterocycles. The van der Waals surface area contributed by atoms with Crippen LogP contribution in [0.25, 0.3) is 10.9 Å². The molecule has 2 fully saturated rings. The van der Waals surface area contributed by atoms with Gasteiger partial charge in [0.15, 0.2) is 5.16 Å². The van der Waals surface area contributed by atoms with Gasteiger partial charge in [-0.1, -0.05) is 36.7 Å².